The Hall–Kier alpha value is -4.11. The summed E-state index contributed by atoms with van der Waals surface area (Å²) in [5.41, 5.74) is 9.55. The normalized spacial score (nSPS) is 10.3. The number of hydrogen-bond donors (Lipinski definition) is 2. The van der Waals surface area contributed by atoms with Crippen molar-refractivity contribution < 1.29 is 4.79 Å². The first-order valence-corrected chi connectivity index (χ1v) is 8.66. The van der Waals surface area contributed by atoms with Crippen LogP contribution in [0, 0.1) is 11.8 Å². The predicted molar refractivity (Wildman–Crippen MR) is 110 cm³/mol. The van der Waals surface area contributed by atoms with Gasteiger partial charge in [0.25, 0.3) is 5.91 Å². The number of aromatic nitrogens is 3. The summed E-state index contributed by atoms with van der Waals surface area (Å²) >= 11 is 0. The third kappa shape index (κ3) is 3.41. The number of carbonyl (C=O) groups is 1. The van der Waals surface area contributed by atoms with Crippen LogP contribution in [0.15, 0.2) is 67.1 Å². The van der Waals surface area contributed by atoms with Gasteiger partial charge in [-0.25, -0.2) is 9.97 Å². The molecule has 2 heterocycles. The maximum Gasteiger partial charge on any atom is 0.255 e. The number of nitrogen functional groups attached to an aromatic ring is 1. The lowest BCUT2D eigenvalue weighted by atomic mass is 10.1. The van der Waals surface area contributed by atoms with Crippen LogP contribution in [-0.2, 0) is 7.05 Å². The third-order valence-corrected chi connectivity index (χ3v) is 4.28. The maximum absolute atomic E-state index is 12.3. The second kappa shape index (κ2) is 7.25. The highest BCUT2D eigenvalue weighted by Gasteiger charge is 2.10. The fraction of sp³-hybridized carbons (Fsp3) is 0.0455. The number of nitrogens with zero attached hydrogens (tertiary/aromatic N) is 3. The van der Waals surface area contributed by atoms with Gasteiger partial charge in [0.2, 0.25) is 0 Å². The van der Waals surface area contributed by atoms with Crippen LogP contribution in [-0.4, -0.2) is 20.4 Å². The first-order chi connectivity index (χ1) is 13.6. The zero-order chi connectivity index (χ0) is 19.5. The van der Waals surface area contributed by atoms with Gasteiger partial charge >= 0.3 is 0 Å². The van der Waals surface area contributed by atoms with Crippen molar-refractivity contribution in [1.82, 2.24) is 14.5 Å². The Balaban J connectivity index is 1.61. The van der Waals surface area contributed by atoms with Crippen molar-refractivity contribution in [3.8, 4) is 11.8 Å². The molecule has 1 amide bonds. The third-order valence-electron chi connectivity index (χ3n) is 4.28. The van der Waals surface area contributed by atoms with Gasteiger partial charge < -0.3 is 15.6 Å². The summed E-state index contributed by atoms with van der Waals surface area (Å²) in [6, 6.07) is 16.5. The summed E-state index contributed by atoms with van der Waals surface area (Å²) in [7, 11) is 1.89. The number of hydrogen-bond acceptors (Lipinski definition) is 4. The SMILES string of the molecule is Cn1cc(C#Cc2cccc(NC(=O)c3ccccc3)c2)c2c(N)ncnc21. The van der Waals surface area contributed by atoms with Crippen LogP contribution in [0.4, 0.5) is 11.5 Å². The highest BCUT2D eigenvalue weighted by Crippen LogP contribution is 2.22. The molecule has 0 aliphatic carbocycles. The lowest BCUT2D eigenvalue weighted by Gasteiger charge is -2.05. The van der Waals surface area contributed by atoms with Crippen LogP contribution in [0.25, 0.3) is 11.0 Å². The van der Waals surface area contributed by atoms with Gasteiger partial charge in [-0.3, -0.25) is 4.79 Å². The summed E-state index contributed by atoms with van der Waals surface area (Å²) in [6.07, 6.45) is 3.32. The molecule has 0 bridgehead atoms. The second-order valence-corrected chi connectivity index (χ2v) is 6.26. The van der Waals surface area contributed by atoms with Crippen LogP contribution in [0.3, 0.4) is 0 Å². The molecule has 2 aromatic carbocycles. The quantitative estimate of drug-likeness (QED) is 0.533. The van der Waals surface area contributed by atoms with E-state index in [9.17, 15) is 4.79 Å². The molecule has 2 aromatic heterocycles. The number of aryl methyl sites for hydroxylation is 1. The first kappa shape index (κ1) is 17.3. The fourth-order valence-corrected chi connectivity index (χ4v) is 2.94. The van der Waals surface area contributed by atoms with Crippen LogP contribution < -0.4 is 11.1 Å². The van der Waals surface area contributed by atoms with Crippen molar-refractivity contribution in [2.45, 2.75) is 0 Å². The topological polar surface area (TPSA) is 85.8 Å². The molecule has 3 N–H and O–H groups in total. The molecule has 0 radical (unpaired) electrons. The number of nitrogens with one attached hydrogen (secondary N) is 1. The molecule has 28 heavy (non-hydrogen) atoms. The van der Waals surface area contributed by atoms with Crippen molar-refractivity contribution in [2.24, 2.45) is 7.05 Å². The van der Waals surface area contributed by atoms with Crippen LogP contribution in [0.1, 0.15) is 21.5 Å². The zero-order valence-corrected chi connectivity index (χ0v) is 15.2. The summed E-state index contributed by atoms with van der Waals surface area (Å²) < 4.78 is 1.87. The molecule has 0 spiro atoms. The van der Waals surface area contributed by atoms with Crippen molar-refractivity contribution in [2.75, 3.05) is 11.1 Å². The van der Waals surface area contributed by atoms with Gasteiger partial charge in [0, 0.05) is 30.1 Å². The largest absolute Gasteiger partial charge is 0.383 e. The smallest absolute Gasteiger partial charge is 0.255 e. The Morgan fingerprint density at radius 1 is 1.07 bits per heavy atom. The van der Waals surface area contributed by atoms with Crippen molar-refractivity contribution in [1.29, 1.82) is 0 Å². The van der Waals surface area contributed by atoms with E-state index < -0.39 is 0 Å². The molecule has 6 heteroatoms. The molecule has 4 rings (SSSR count). The molecule has 0 saturated carbocycles. The Morgan fingerprint density at radius 3 is 2.71 bits per heavy atom. The number of anilines is 2. The molecule has 0 atom stereocenters. The Labute approximate surface area is 162 Å². The van der Waals surface area contributed by atoms with Gasteiger partial charge in [-0.2, -0.15) is 0 Å². The van der Waals surface area contributed by atoms with E-state index in [1.165, 1.54) is 6.33 Å². The van der Waals surface area contributed by atoms with Crippen molar-refractivity contribution in [3.05, 3.63) is 83.8 Å². The molecule has 136 valence electrons. The maximum atomic E-state index is 12.3. The number of carbonyl (C=O) groups excluding carboxylic acids is 1. The minimum absolute atomic E-state index is 0.162. The van der Waals surface area contributed by atoms with Gasteiger partial charge in [0.15, 0.2) is 0 Å². The number of amides is 1. The molecule has 0 fully saturated rings. The summed E-state index contributed by atoms with van der Waals surface area (Å²) in [5, 5.41) is 3.63. The Bertz CT molecular complexity index is 1230. The lowest BCUT2D eigenvalue weighted by Crippen LogP contribution is -2.11. The predicted octanol–water partition coefficient (Wildman–Crippen LogP) is 3.20. The van der Waals surface area contributed by atoms with E-state index in [-0.39, 0.29) is 5.91 Å². The van der Waals surface area contributed by atoms with E-state index in [1.807, 2.05) is 60.3 Å². The minimum Gasteiger partial charge on any atom is -0.383 e. The van der Waals surface area contributed by atoms with Crippen LogP contribution >= 0.6 is 0 Å². The van der Waals surface area contributed by atoms with Gasteiger partial charge in [-0.1, -0.05) is 36.1 Å². The number of fused-ring (bicyclic) bond motifs is 1. The lowest BCUT2D eigenvalue weighted by molar-refractivity contribution is 0.102. The molecule has 0 unspecified atom stereocenters. The first-order valence-electron chi connectivity index (χ1n) is 8.66. The molecular weight excluding hydrogens is 350 g/mol. The fourth-order valence-electron chi connectivity index (χ4n) is 2.94. The molecule has 0 saturated heterocycles. The molecule has 4 aromatic rings. The standard InChI is InChI=1S/C22H17N5O/c1-27-13-17(19-20(23)24-14-25-21(19)27)11-10-15-6-5-9-18(12-15)26-22(28)16-7-3-2-4-8-16/h2-9,12-14H,1H3,(H,26,28)(H2,23,24,25). The van der Waals surface area contributed by atoms with E-state index in [1.54, 1.807) is 12.1 Å². The average molecular weight is 367 g/mol. The zero-order valence-electron chi connectivity index (χ0n) is 15.2. The number of nitrogens with two attached hydrogens (primary N) is 1. The molecule has 6 nitrogen and oxygen atoms in total. The van der Waals surface area contributed by atoms with Crippen molar-refractivity contribution >= 4 is 28.4 Å². The van der Waals surface area contributed by atoms with Crippen LogP contribution in [0.5, 0.6) is 0 Å². The van der Waals surface area contributed by atoms with Gasteiger partial charge in [0.05, 0.1) is 10.9 Å². The Kier molecular flexibility index (Phi) is 4.48. The van der Waals surface area contributed by atoms with Crippen LogP contribution in [0.2, 0.25) is 0 Å². The Morgan fingerprint density at radius 2 is 1.89 bits per heavy atom. The van der Waals surface area contributed by atoms with E-state index in [0.717, 1.165) is 22.2 Å². The monoisotopic (exact) mass is 367 g/mol. The van der Waals surface area contributed by atoms with E-state index in [2.05, 4.69) is 27.1 Å². The highest BCUT2D eigenvalue weighted by atomic mass is 16.1. The summed E-state index contributed by atoms with van der Waals surface area (Å²) in [4.78, 5) is 20.6. The molecule has 0 aliphatic rings. The summed E-state index contributed by atoms with van der Waals surface area (Å²) in [6.45, 7) is 0. The average Bonchev–Trinajstić information content (AvgIpc) is 3.04. The minimum atomic E-state index is -0.162. The second-order valence-electron chi connectivity index (χ2n) is 6.26. The van der Waals surface area contributed by atoms with E-state index in [0.29, 0.717) is 17.1 Å². The number of rotatable bonds is 2. The van der Waals surface area contributed by atoms with Gasteiger partial charge in [0.1, 0.15) is 17.8 Å². The molecular formula is C22H17N5O. The van der Waals surface area contributed by atoms with Gasteiger partial charge in [-0.15, -0.1) is 0 Å². The van der Waals surface area contributed by atoms with Crippen molar-refractivity contribution in [3.63, 3.8) is 0 Å². The van der Waals surface area contributed by atoms with E-state index >= 15 is 0 Å². The molecule has 0 aliphatic heterocycles. The number of benzene rings is 2. The van der Waals surface area contributed by atoms with Gasteiger partial charge in [-0.05, 0) is 30.3 Å². The van der Waals surface area contributed by atoms with E-state index in [4.69, 9.17) is 5.73 Å². The summed E-state index contributed by atoms with van der Waals surface area (Å²) in [5.74, 6) is 6.49. The highest BCUT2D eigenvalue weighted by molar-refractivity contribution is 6.04.